The van der Waals surface area contributed by atoms with Crippen LogP contribution in [-0.2, 0) is 11.2 Å². The predicted molar refractivity (Wildman–Crippen MR) is 69.1 cm³/mol. The van der Waals surface area contributed by atoms with Gasteiger partial charge in [-0.25, -0.2) is 0 Å². The van der Waals surface area contributed by atoms with E-state index >= 15 is 0 Å². The van der Waals surface area contributed by atoms with Crippen LogP contribution >= 0.6 is 0 Å². The van der Waals surface area contributed by atoms with E-state index in [-0.39, 0.29) is 6.54 Å². The standard InChI is InChI=1S/C14H21NO2/c1-3-13(15(4-2)11-14(16)17)10-12-8-6-5-7-9-12/h5-9,13H,3-4,10-11H2,1-2H3,(H,16,17). The maximum Gasteiger partial charge on any atom is 0.317 e. The van der Waals surface area contributed by atoms with Crippen LogP contribution in [0.3, 0.4) is 0 Å². The number of rotatable bonds is 7. The molecule has 3 heteroatoms. The molecule has 0 aromatic heterocycles. The second-order valence-electron chi connectivity index (χ2n) is 4.21. The first-order valence-electron chi connectivity index (χ1n) is 6.17. The molecule has 0 saturated heterocycles. The quantitative estimate of drug-likeness (QED) is 0.789. The third-order valence-electron chi connectivity index (χ3n) is 3.05. The second-order valence-corrected chi connectivity index (χ2v) is 4.21. The summed E-state index contributed by atoms with van der Waals surface area (Å²) in [5.41, 5.74) is 1.27. The summed E-state index contributed by atoms with van der Waals surface area (Å²) in [5.74, 6) is -0.752. The van der Waals surface area contributed by atoms with Gasteiger partial charge in [-0.3, -0.25) is 9.69 Å². The van der Waals surface area contributed by atoms with Gasteiger partial charge in [-0.2, -0.15) is 0 Å². The van der Waals surface area contributed by atoms with Crippen molar-refractivity contribution in [2.75, 3.05) is 13.1 Å². The first kappa shape index (κ1) is 13.7. The van der Waals surface area contributed by atoms with E-state index in [1.54, 1.807) is 0 Å². The Labute approximate surface area is 103 Å². The lowest BCUT2D eigenvalue weighted by atomic mass is 10.0. The molecule has 0 radical (unpaired) electrons. The minimum absolute atomic E-state index is 0.127. The number of carbonyl (C=O) groups is 1. The van der Waals surface area contributed by atoms with Crippen molar-refractivity contribution >= 4 is 5.97 Å². The molecule has 17 heavy (non-hydrogen) atoms. The number of hydrogen-bond acceptors (Lipinski definition) is 2. The fourth-order valence-electron chi connectivity index (χ4n) is 2.09. The zero-order chi connectivity index (χ0) is 12.7. The second kappa shape index (κ2) is 7.07. The van der Waals surface area contributed by atoms with Gasteiger partial charge < -0.3 is 5.11 Å². The number of hydrogen-bond donors (Lipinski definition) is 1. The van der Waals surface area contributed by atoms with Gasteiger partial charge >= 0.3 is 5.97 Å². The van der Waals surface area contributed by atoms with Crippen LogP contribution < -0.4 is 0 Å². The van der Waals surface area contributed by atoms with Gasteiger partial charge in [0.1, 0.15) is 0 Å². The largest absolute Gasteiger partial charge is 0.480 e. The summed E-state index contributed by atoms with van der Waals surface area (Å²) in [6.07, 6.45) is 1.88. The van der Waals surface area contributed by atoms with Crippen LogP contribution in [0.25, 0.3) is 0 Å². The Morgan fingerprint density at radius 2 is 1.94 bits per heavy atom. The number of carboxylic acids is 1. The first-order valence-corrected chi connectivity index (χ1v) is 6.17. The van der Waals surface area contributed by atoms with Crippen LogP contribution in [0.4, 0.5) is 0 Å². The lowest BCUT2D eigenvalue weighted by molar-refractivity contribution is -0.138. The van der Waals surface area contributed by atoms with Crippen molar-refractivity contribution < 1.29 is 9.90 Å². The van der Waals surface area contributed by atoms with E-state index in [1.807, 2.05) is 30.0 Å². The Balaban J connectivity index is 2.66. The Morgan fingerprint density at radius 1 is 1.29 bits per heavy atom. The van der Waals surface area contributed by atoms with Crippen molar-refractivity contribution in [3.8, 4) is 0 Å². The summed E-state index contributed by atoms with van der Waals surface area (Å²) in [7, 11) is 0. The first-order chi connectivity index (χ1) is 8.17. The maximum atomic E-state index is 10.8. The normalized spacial score (nSPS) is 12.6. The summed E-state index contributed by atoms with van der Waals surface area (Å²) >= 11 is 0. The Bertz CT molecular complexity index is 337. The van der Waals surface area contributed by atoms with Crippen molar-refractivity contribution in [2.24, 2.45) is 0 Å². The monoisotopic (exact) mass is 235 g/mol. The summed E-state index contributed by atoms with van der Waals surface area (Å²) in [6, 6.07) is 10.5. The van der Waals surface area contributed by atoms with Gasteiger partial charge in [0.25, 0.3) is 0 Å². The van der Waals surface area contributed by atoms with Crippen LogP contribution in [0.5, 0.6) is 0 Å². The van der Waals surface area contributed by atoms with Crippen LogP contribution in [-0.4, -0.2) is 35.1 Å². The van der Waals surface area contributed by atoms with E-state index in [0.29, 0.717) is 6.04 Å². The highest BCUT2D eigenvalue weighted by Crippen LogP contribution is 2.11. The molecule has 1 N–H and O–H groups in total. The van der Waals surface area contributed by atoms with Crippen molar-refractivity contribution in [3.63, 3.8) is 0 Å². The SMILES string of the molecule is CCC(Cc1ccccc1)N(CC)CC(=O)O. The third kappa shape index (κ3) is 4.57. The molecule has 1 aromatic rings. The number of nitrogens with zero attached hydrogens (tertiary/aromatic N) is 1. The minimum atomic E-state index is -0.752. The summed E-state index contributed by atoms with van der Waals surface area (Å²) in [5, 5.41) is 8.88. The molecule has 0 aliphatic heterocycles. The molecule has 0 bridgehead atoms. The van der Waals surface area contributed by atoms with Gasteiger partial charge in [-0.1, -0.05) is 44.2 Å². The predicted octanol–water partition coefficient (Wildman–Crippen LogP) is 2.41. The lowest BCUT2D eigenvalue weighted by Gasteiger charge is -2.28. The summed E-state index contributed by atoms with van der Waals surface area (Å²) in [4.78, 5) is 12.8. The molecule has 1 aromatic carbocycles. The molecule has 0 heterocycles. The minimum Gasteiger partial charge on any atom is -0.480 e. The fraction of sp³-hybridized carbons (Fsp3) is 0.500. The molecule has 0 aliphatic rings. The Hall–Kier alpha value is -1.35. The molecule has 1 rings (SSSR count). The number of carboxylic acid groups (broad SMARTS) is 1. The fourth-order valence-corrected chi connectivity index (χ4v) is 2.09. The molecule has 94 valence electrons. The van der Waals surface area contributed by atoms with Crippen LogP contribution in [0.2, 0.25) is 0 Å². The smallest absolute Gasteiger partial charge is 0.317 e. The summed E-state index contributed by atoms with van der Waals surface area (Å²) in [6.45, 7) is 5.02. The van der Waals surface area contributed by atoms with Crippen LogP contribution in [0.15, 0.2) is 30.3 Å². The van der Waals surface area contributed by atoms with E-state index < -0.39 is 5.97 Å². The van der Waals surface area contributed by atoms with E-state index in [9.17, 15) is 4.79 Å². The van der Waals surface area contributed by atoms with Crippen molar-refractivity contribution in [2.45, 2.75) is 32.7 Å². The molecule has 0 saturated carbocycles. The molecular formula is C14H21NO2. The molecule has 0 spiro atoms. The number of benzene rings is 1. The number of aliphatic carboxylic acids is 1. The van der Waals surface area contributed by atoms with Gasteiger partial charge in [0, 0.05) is 6.04 Å². The van der Waals surface area contributed by atoms with Gasteiger partial charge in [-0.05, 0) is 24.9 Å². The van der Waals surface area contributed by atoms with Gasteiger partial charge in [0.05, 0.1) is 6.54 Å². The molecule has 3 nitrogen and oxygen atoms in total. The molecule has 0 aliphatic carbocycles. The Morgan fingerprint density at radius 3 is 2.41 bits per heavy atom. The average Bonchev–Trinajstić information content (AvgIpc) is 2.34. The summed E-state index contributed by atoms with van der Waals surface area (Å²) < 4.78 is 0. The van der Waals surface area contributed by atoms with Crippen LogP contribution in [0.1, 0.15) is 25.8 Å². The van der Waals surface area contributed by atoms with E-state index in [0.717, 1.165) is 19.4 Å². The number of likely N-dealkylation sites (N-methyl/N-ethyl adjacent to an activating group) is 1. The zero-order valence-electron chi connectivity index (χ0n) is 10.6. The molecular weight excluding hydrogens is 214 g/mol. The Kier molecular flexibility index (Phi) is 5.70. The third-order valence-corrected chi connectivity index (χ3v) is 3.05. The highest BCUT2D eigenvalue weighted by molar-refractivity contribution is 5.69. The van der Waals surface area contributed by atoms with Gasteiger partial charge in [-0.15, -0.1) is 0 Å². The van der Waals surface area contributed by atoms with E-state index in [2.05, 4.69) is 19.1 Å². The van der Waals surface area contributed by atoms with Gasteiger partial charge in [0.2, 0.25) is 0 Å². The highest BCUT2D eigenvalue weighted by Gasteiger charge is 2.17. The van der Waals surface area contributed by atoms with Crippen LogP contribution in [0, 0.1) is 0 Å². The molecule has 0 amide bonds. The van der Waals surface area contributed by atoms with Crippen molar-refractivity contribution in [1.82, 2.24) is 4.90 Å². The van der Waals surface area contributed by atoms with Crippen molar-refractivity contribution in [3.05, 3.63) is 35.9 Å². The van der Waals surface area contributed by atoms with Crippen molar-refractivity contribution in [1.29, 1.82) is 0 Å². The van der Waals surface area contributed by atoms with Gasteiger partial charge in [0.15, 0.2) is 0 Å². The lowest BCUT2D eigenvalue weighted by Crippen LogP contribution is -2.39. The molecule has 1 unspecified atom stereocenters. The maximum absolute atomic E-state index is 10.8. The topological polar surface area (TPSA) is 40.5 Å². The molecule has 1 atom stereocenters. The average molecular weight is 235 g/mol. The van der Waals surface area contributed by atoms with E-state index in [4.69, 9.17) is 5.11 Å². The molecule has 0 fully saturated rings. The van der Waals surface area contributed by atoms with E-state index in [1.165, 1.54) is 5.56 Å². The highest BCUT2D eigenvalue weighted by atomic mass is 16.4. The zero-order valence-corrected chi connectivity index (χ0v) is 10.6.